The fraction of sp³-hybridized carbons (Fsp3) is 0.312. The van der Waals surface area contributed by atoms with Gasteiger partial charge in [-0.15, -0.1) is 0 Å². The Morgan fingerprint density at radius 1 is 1.25 bits per heavy atom. The lowest BCUT2D eigenvalue weighted by Crippen LogP contribution is -2.21. The SMILES string of the molecule is Cc1ccccc1OC(F)CCNCc1cccnc1. The van der Waals surface area contributed by atoms with Crippen LogP contribution in [0.15, 0.2) is 48.8 Å². The molecule has 0 spiro atoms. The highest BCUT2D eigenvalue weighted by Gasteiger charge is 2.08. The molecule has 0 bridgehead atoms. The second-order valence-electron chi connectivity index (χ2n) is 4.62. The van der Waals surface area contributed by atoms with Crippen molar-refractivity contribution in [3.63, 3.8) is 0 Å². The average Bonchev–Trinajstić information content (AvgIpc) is 2.47. The van der Waals surface area contributed by atoms with Crippen LogP contribution in [0.3, 0.4) is 0 Å². The van der Waals surface area contributed by atoms with Crippen molar-refractivity contribution in [1.29, 1.82) is 0 Å². The van der Waals surface area contributed by atoms with Crippen molar-refractivity contribution in [2.24, 2.45) is 0 Å². The normalized spacial score (nSPS) is 12.1. The Balaban J connectivity index is 1.68. The van der Waals surface area contributed by atoms with E-state index in [-0.39, 0.29) is 0 Å². The van der Waals surface area contributed by atoms with Gasteiger partial charge in [0.1, 0.15) is 5.75 Å². The summed E-state index contributed by atoms with van der Waals surface area (Å²) in [5, 5.41) is 3.17. The van der Waals surface area contributed by atoms with Crippen LogP contribution in [-0.4, -0.2) is 17.9 Å². The van der Waals surface area contributed by atoms with Crippen LogP contribution in [-0.2, 0) is 6.54 Å². The van der Waals surface area contributed by atoms with Crippen LogP contribution in [0.1, 0.15) is 17.5 Å². The highest BCUT2D eigenvalue weighted by Crippen LogP contribution is 2.18. The van der Waals surface area contributed by atoms with Gasteiger partial charge in [-0.1, -0.05) is 24.3 Å². The molecule has 106 valence electrons. The van der Waals surface area contributed by atoms with Gasteiger partial charge in [-0.25, -0.2) is 4.39 Å². The van der Waals surface area contributed by atoms with E-state index in [1.807, 2.05) is 37.3 Å². The molecule has 0 saturated carbocycles. The molecular formula is C16H19FN2O. The Kier molecular flexibility index (Phi) is 5.50. The van der Waals surface area contributed by atoms with E-state index < -0.39 is 6.36 Å². The summed E-state index contributed by atoms with van der Waals surface area (Å²) in [5.41, 5.74) is 2.03. The summed E-state index contributed by atoms with van der Waals surface area (Å²) >= 11 is 0. The van der Waals surface area contributed by atoms with Gasteiger partial charge in [0.05, 0.1) is 0 Å². The zero-order chi connectivity index (χ0) is 14.2. The average molecular weight is 274 g/mol. The number of aromatic nitrogens is 1. The van der Waals surface area contributed by atoms with E-state index in [0.29, 0.717) is 25.3 Å². The van der Waals surface area contributed by atoms with Crippen molar-refractivity contribution in [2.75, 3.05) is 6.54 Å². The van der Waals surface area contributed by atoms with Gasteiger partial charge in [0, 0.05) is 31.9 Å². The smallest absolute Gasteiger partial charge is 0.239 e. The first-order valence-electron chi connectivity index (χ1n) is 6.71. The third kappa shape index (κ3) is 4.63. The second kappa shape index (κ2) is 7.60. The van der Waals surface area contributed by atoms with Gasteiger partial charge < -0.3 is 10.1 Å². The number of halogens is 1. The number of hydrogen-bond acceptors (Lipinski definition) is 3. The van der Waals surface area contributed by atoms with Gasteiger partial charge >= 0.3 is 0 Å². The van der Waals surface area contributed by atoms with E-state index in [0.717, 1.165) is 11.1 Å². The molecule has 2 rings (SSSR count). The zero-order valence-electron chi connectivity index (χ0n) is 11.6. The van der Waals surface area contributed by atoms with Crippen LogP contribution >= 0.6 is 0 Å². The zero-order valence-corrected chi connectivity index (χ0v) is 11.6. The molecule has 1 unspecified atom stereocenters. The maximum atomic E-state index is 13.7. The van der Waals surface area contributed by atoms with Crippen LogP contribution in [0.25, 0.3) is 0 Å². The van der Waals surface area contributed by atoms with Crippen molar-refractivity contribution >= 4 is 0 Å². The fourth-order valence-electron chi connectivity index (χ4n) is 1.84. The highest BCUT2D eigenvalue weighted by molar-refractivity contribution is 5.31. The summed E-state index contributed by atoms with van der Waals surface area (Å²) in [5.74, 6) is 0.604. The molecule has 0 aliphatic carbocycles. The van der Waals surface area contributed by atoms with Crippen LogP contribution in [0.2, 0.25) is 0 Å². The molecule has 4 heteroatoms. The van der Waals surface area contributed by atoms with Crippen LogP contribution in [0, 0.1) is 6.92 Å². The summed E-state index contributed by atoms with van der Waals surface area (Å²) in [6, 6.07) is 11.3. The molecule has 0 aliphatic rings. The minimum atomic E-state index is -1.29. The predicted molar refractivity (Wildman–Crippen MR) is 77.3 cm³/mol. The number of aryl methyl sites for hydroxylation is 1. The molecule has 0 saturated heterocycles. The Bertz CT molecular complexity index is 519. The minimum absolute atomic E-state index is 0.314. The summed E-state index contributed by atoms with van der Waals surface area (Å²) in [6.07, 6.45) is 2.55. The van der Waals surface area contributed by atoms with Gasteiger partial charge in [-0.3, -0.25) is 4.98 Å². The van der Waals surface area contributed by atoms with Crippen molar-refractivity contribution in [1.82, 2.24) is 10.3 Å². The first-order valence-corrected chi connectivity index (χ1v) is 6.71. The standard InChI is InChI=1S/C16H19FN2O/c1-13-5-2-3-7-15(13)20-16(17)8-10-19-12-14-6-4-9-18-11-14/h2-7,9,11,16,19H,8,10,12H2,1H3. The number of alkyl halides is 1. The van der Waals surface area contributed by atoms with Crippen molar-refractivity contribution in [2.45, 2.75) is 26.2 Å². The van der Waals surface area contributed by atoms with Crippen molar-refractivity contribution < 1.29 is 9.13 Å². The number of benzene rings is 1. The minimum Gasteiger partial charge on any atom is -0.460 e. The van der Waals surface area contributed by atoms with Crippen molar-refractivity contribution in [3.05, 3.63) is 59.9 Å². The van der Waals surface area contributed by atoms with E-state index in [1.54, 1.807) is 18.5 Å². The summed E-state index contributed by atoms with van der Waals surface area (Å²) in [6.45, 7) is 3.15. The molecule has 1 aromatic carbocycles. The van der Waals surface area contributed by atoms with Gasteiger partial charge in [0.25, 0.3) is 0 Å². The number of pyridine rings is 1. The van der Waals surface area contributed by atoms with Crippen LogP contribution < -0.4 is 10.1 Å². The van der Waals surface area contributed by atoms with Gasteiger partial charge in [-0.2, -0.15) is 0 Å². The molecular weight excluding hydrogens is 255 g/mol. The highest BCUT2D eigenvalue weighted by atomic mass is 19.1. The van der Waals surface area contributed by atoms with Gasteiger partial charge in [0.15, 0.2) is 0 Å². The molecule has 0 radical (unpaired) electrons. The Labute approximate surface area is 118 Å². The lowest BCUT2D eigenvalue weighted by molar-refractivity contribution is 0.0589. The number of ether oxygens (including phenoxy) is 1. The quantitative estimate of drug-likeness (QED) is 0.787. The number of nitrogens with one attached hydrogen (secondary N) is 1. The molecule has 0 fully saturated rings. The predicted octanol–water partition coefficient (Wildman–Crippen LogP) is 3.24. The van der Waals surface area contributed by atoms with E-state index in [2.05, 4.69) is 10.3 Å². The van der Waals surface area contributed by atoms with Crippen LogP contribution in [0.4, 0.5) is 4.39 Å². The Morgan fingerprint density at radius 2 is 2.10 bits per heavy atom. The maximum absolute atomic E-state index is 13.7. The van der Waals surface area contributed by atoms with E-state index in [9.17, 15) is 4.39 Å². The molecule has 2 aromatic rings. The molecule has 1 N–H and O–H groups in total. The summed E-state index contributed by atoms with van der Waals surface area (Å²) < 4.78 is 19.0. The number of nitrogens with zero attached hydrogens (tertiary/aromatic N) is 1. The molecule has 20 heavy (non-hydrogen) atoms. The first kappa shape index (κ1) is 14.5. The number of rotatable bonds is 7. The van der Waals surface area contributed by atoms with Crippen molar-refractivity contribution in [3.8, 4) is 5.75 Å². The second-order valence-corrected chi connectivity index (χ2v) is 4.62. The molecule has 1 heterocycles. The summed E-state index contributed by atoms with van der Waals surface area (Å²) in [7, 11) is 0. The maximum Gasteiger partial charge on any atom is 0.239 e. The Morgan fingerprint density at radius 3 is 2.85 bits per heavy atom. The molecule has 0 aliphatic heterocycles. The monoisotopic (exact) mass is 274 g/mol. The Hall–Kier alpha value is -1.94. The molecule has 3 nitrogen and oxygen atoms in total. The molecule has 1 atom stereocenters. The number of hydrogen-bond donors (Lipinski definition) is 1. The van der Waals surface area contributed by atoms with E-state index >= 15 is 0 Å². The molecule has 1 aromatic heterocycles. The largest absolute Gasteiger partial charge is 0.460 e. The van der Waals surface area contributed by atoms with Gasteiger partial charge in [0.2, 0.25) is 6.36 Å². The lowest BCUT2D eigenvalue weighted by Gasteiger charge is -2.13. The fourth-order valence-corrected chi connectivity index (χ4v) is 1.84. The van der Waals surface area contributed by atoms with E-state index in [4.69, 9.17) is 4.74 Å². The third-order valence-electron chi connectivity index (χ3n) is 2.95. The summed E-state index contributed by atoms with van der Waals surface area (Å²) in [4.78, 5) is 4.03. The third-order valence-corrected chi connectivity index (χ3v) is 2.95. The molecule has 0 amide bonds. The first-order chi connectivity index (χ1) is 9.75. The topological polar surface area (TPSA) is 34.1 Å². The lowest BCUT2D eigenvalue weighted by atomic mass is 10.2. The van der Waals surface area contributed by atoms with Crippen LogP contribution in [0.5, 0.6) is 5.75 Å². The van der Waals surface area contributed by atoms with E-state index in [1.165, 1.54) is 0 Å². The van der Waals surface area contributed by atoms with Gasteiger partial charge in [-0.05, 0) is 30.2 Å². The number of para-hydroxylation sites is 1.